The number of ether oxygens (including phenoxy) is 2. The highest BCUT2D eigenvalue weighted by molar-refractivity contribution is 9.10. The number of halogens is 4. The van der Waals surface area contributed by atoms with Gasteiger partial charge in [0.15, 0.2) is 6.61 Å². The van der Waals surface area contributed by atoms with Crippen molar-refractivity contribution in [2.45, 2.75) is 19.3 Å². The highest BCUT2D eigenvalue weighted by Gasteiger charge is 2.40. The third kappa shape index (κ3) is 5.11. The predicted molar refractivity (Wildman–Crippen MR) is 118 cm³/mol. The van der Waals surface area contributed by atoms with Crippen LogP contribution in [0, 0.1) is 6.92 Å². The highest BCUT2D eigenvalue weighted by atomic mass is 79.9. The van der Waals surface area contributed by atoms with Crippen molar-refractivity contribution >= 4 is 39.3 Å². The average molecular weight is 542 g/mol. The fourth-order valence-electron chi connectivity index (χ4n) is 3.86. The number of fused-ring (bicyclic) bond motifs is 2. The molecule has 0 aromatic heterocycles. The van der Waals surface area contributed by atoms with E-state index in [4.69, 9.17) is 4.74 Å². The number of anilines is 1. The molecule has 2 aliphatic rings. The summed E-state index contributed by atoms with van der Waals surface area (Å²) in [6, 6.07) is 7.66. The molecule has 0 saturated carbocycles. The molecular formula is C22H19BrF3N3O5. The Balaban J connectivity index is 1.40. The minimum absolute atomic E-state index is 0.00767. The number of benzene rings is 2. The Bertz CT molecular complexity index is 1160. The summed E-state index contributed by atoms with van der Waals surface area (Å²) in [5, 5.41) is 2.74. The van der Waals surface area contributed by atoms with Crippen LogP contribution in [0.5, 0.6) is 11.5 Å². The molecular weight excluding hydrogens is 523 g/mol. The number of rotatable bonds is 4. The van der Waals surface area contributed by atoms with E-state index in [0.717, 1.165) is 12.1 Å². The molecule has 2 aliphatic heterocycles. The number of aryl methyl sites for hydroxylation is 1. The van der Waals surface area contributed by atoms with Crippen molar-refractivity contribution < 1.29 is 37.0 Å². The Kier molecular flexibility index (Phi) is 6.43. The lowest BCUT2D eigenvalue weighted by Crippen LogP contribution is -2.60. The Morgan fingerprint density at radius 1 is 1.18 bits per heavy atom. The van der Waals surface area contributed by atoms with Crippen LogP contribution in [0.1, 0.15) is 15.9 Å². The summed E-state index contributed by atoms with van der Waals surface area (Å²) in [5.74, 6) is -1.29. The zero-order valence-electron chi connectivity index (χ0n) is 17.8. The Morgan fingerprint density at radius 2 is 1.94 bits per heavy atom. The van der Waals surface area contributed by atoms with Gasteiger partial charge in [-0.3, -0.25) is 14.4 Å². The van der Waals surface area contributed by atoms with Crippen LogP contribution < -0.4 is 14.8 Å². The third-order valence-corrected chi connectivity index (χ3v) is 5.99. The van der Waals surface area contributed by atoms with Gasteiger partial charge in [-0.1, -0.05) is 15.9 Å². The number of carbonyl (C=O) groups is 3. The lowest BCUT2D eigenvalue weighted by Gasteiger charge is -2.39. The monoisotopic (exact) mass is 541 g/mol. The van der Waals surface area contributed by atoms with Crippen molar-refractivity contribution in [2.24, 2.45) is 0 Å². The van der Waals surface area contributed by atoms with E-state index < -0.39 is 30.0 Å². The molecule has 180 valence electrons. The first-order valence-corrected chi connectivity index (χ1v) is 11.0. The van der Waals surface area contributed by atoms with Gasteiger partial charge in [0.2, 0.25) is 5.91 Å². The molecule has 1 N–H and O–H groups in total. The van der Waals surface area contributed by atoms with Crippen molar-refractivity contribution in [3.63, 3.8) is 0 Å². The third-order valence-electron chi connectivity index (χ3n) is 5.50. The van der Waals surface area contributed by atoms with E-state index in [2.05, 4.69) is 26.0 Å². The maximum absolute atomic E-state index is 13.0. The standard InChI is InChI=1S/C22H19BrF3N3O5/c1-12-8-14(34-22(24,25)26)3-5-18(12)33-11-19(30)28-6-7-29-17(10-28)20(31)27-16-4-2-13(23)9-15(16)21(29)32/h2-5,8-9,17H,6-7,10-11H2,1H3,(H,27,31). The molecule has 0 radical (unpaired) electrons. The molecule has 4 rings (SSSR count). The summed E-state index contributed by atoms with van der Waals surface area (Å²) < 4.78 is 47.2. The Morgan fingerprint density at radius 3 is 2.65 bits per heavy atom. The van der Waals surface area contributed by atoms with Crippen LogP contribution in [0.25, 0.3) is 0 Å². The molecule has 3 amide bonds. The number of hydrogen-bond donors (Lipinski definition) is 1. The largest absolute Gasteiger partial charge is 0.573 e. The fraction of sp³-hybridized carbons (Fsp3) is 0.318. The number of piperazine rings is 1. The molecule has 1 fully saturated rings. The van der Waals surface area contributed by atoms with Gasteiger partial charge in [-0.05, 0) is 48.9 Å². The fourth-order valence-corrected chi connectivity index (χ4v) is 4.22. The number of hydrogen-bond acceptors (Lipinski definition) is 5. The van der Waals surface area contributed by atoms with E-state index >= 15 is 0 Å². The highest BCUT2D eigenvalue weighted by Crippen LogP contribution is 2.29. The average Bonchev–Trinajstić information content (AvgIpc) is 2.86. The van der Waals surface area contributed by atoms with E-state index in [0.29, 0.717) is 21.3 Å². The van der Waals surface area contributed by atoms with Crippen molar-refractivity contribution in [1.29, 1.82) is 0 Å². The van der Waals surface area contributed by atoms with E-state index in [9.17, 15) is 27.6 Å². The maximum atomic E-state index is 13.0. The van der Waals surface area contributed by atoms with Gasteiger partial charge < -0.3 is 24.6 Å². The van der Waals surface area contributed by atoms with Gasteiger partial charge in [-0.25, -0.2) is 0 Å². The molecule has 0 spiro atoms. The summed E-state index contributed by atoms with van der Waals surface area (Å²) >= 11 is 3.33. The molecule has 1 atom stereocenters. The van der Waals surface area contributed by atoms with Gasteiger partial charge in [0.25, 0.3) is 11.8 Å². The van der Waals surface area contributed by atoms with Crippen LogP contribution >= 0.6 is 15.9 Å². The number of nitrogens with one attached hydrogen (secondary N) is 1. The van der Waals surface area contributed by atoms with Crippen molar-refractivity contribution in [1.82, 2.24) is 9.80 Å². The van der Waals surface area contributed by atoms with E-state index in [1.807, 2.05) is 0 Å². The molecule has 2 aromatic rings. The van der Waals surface area contributed by atoms with Crippen LogP contribution in [-0.2, 0) is 9.59 Å². The molecule has 1 saturated heterocycles. The normalized spacial score (nSPS) is 18.0. The minimum atomic E-state index is -4.81. The van der Waals surface area contributed by atoms with Crippen LogP contribution in [0.15, 0.2) is 40.9 Å². The van der Waals surface area contributed by atoms with E-state index in [-0.39, 0.29) is 37.9 Å². The first-order valence-electron chi connectivity index (χ1n) is 10.2. The van der Waals surface area contributed by atoms with Gasteiger partial charge in [0.05, 0.1) is 17.8 Å². The smallest absolute Gasteiger partial charge is 0.483 e. The van der Waals surface area contributed by atoms with Crippen LogP contribution in [-0.4, -0.2) is 66.2 Å². The maximum Gasteiger partial charge on any atom is 0.573 e. The summed E-state index contributed by atoms with van der Waals surface area (Å²) in [4.78, 5) is 41.4. The van der Waals surface area contributed by atoms with Crippen LogP contribution in [0.2, 0.25) is 0 Å². The lowest BCUT2D eigenvalue weighted by molar-refractivity contribution is -0.274. The Hall–Kier alpha value is -3.28. The summed E-state index contributed by atoms with van der Waals surface area (Å²) in [7, 11) is 0. The summed E-state index contributed by atoms with van der Waals surface area (Å²) in [6.07, 6.45) is -4.81. The second kappa shape index (κ2) is 9.16. The molecule has 1 unspecified atom stereocenters. The molecule has 8 nitrogen and oxygen atoms in total. The number of amides is 3. The molecule has 2 heterocycles. The molecule has 34 heavy (non-hydrogen) atoms. The minimum Gasteiger partial charge on any atom is -0.483 e. The SMILES string of the molecule is Cc1cc(OC(F)(F)F)ccc1OCC(=O)N1CCN2C(=O)c3cc(Br)ccc3NC(=O)C2C1. The lowest BCUT2D eigenvalue weighted by atomic mass is 10.1. The van der Waals surface area contributed by atoms with Crippen LogP contribution in [0.4, 0.5) is 18.9 Å². The van der Waals surface area contributed by atoms with E-state index in [1.54, 1.807) is 18.2 Å². The zero-order valence-corrected chi connectivity index (χ0v) is 19.4. The van der Waals surface area contributed by atoms with Crippen molar-refractivity contribution in [3.05, 3.63) is 52.0 Å². The zero-order chi connectivity index (χ0) is 24.6. The first-order chi connectivity index (χ1) is 16.0. The van der Waals surface area contributed by atoms with Crippen molar-refractivity contribution in [3.8, 4) is 11.5 Å². The molecule has 0 bridgehead atoms. The van der Waals surface area contributed by atoms with Crippen molar-refractivity contribution in [2.75, 3.05) is 31.6 Å². The summed E-state index contributed by atoms with van der Waals surface area (Å²) in [5.41, 5.74) is 1.13. The first kappa shape index (κ1) is 23.9. The molecule has 12 heteroatoms. The second-order valence-electron chi connectivity index (χ2n) is 7.80. The topological polar surface area (TPSA) is 88.2 Å². The number of nitrogens with zero attached hydrogens (tertiary/aromatic N) is 2. The van der Waals surface area contributed by atoms with Crippen LogP contribution in [0.3, 0.4) is 0 Å². The number of alkyl halides is 3. The van der Waals surface area contributed by atoms with Gasteiger partial charge in [-0.15, -0.1) is 13.2 Å². The number of carbonyl (C=O) groups excluding carboxylic acids is 3. The van der Waals surface area contributed by atoms with Gasteiger partial charge in [0.1, 0.15) is 17.5 Å². The molecule has 2 aromatic carbocycles. The van der Waals surface area contributed by atoms with Gasteiger partial charge in [-0.2, -0.15) is 0 Å². The van der Waals surface area contributed by atoms with Gasteiger partial charge >= 0.3 is 6.36 Å². The quantitative estimate of drug-likeness (QED) is 0.641. The second-order valence-corrected chi connectivity index (χ2v) is 8.71. The van der Waals surface area contributed by atoms with Gasteiger partial charge in [0, 0.05) is 17.6 Å². The summed E-state index contributed by atoms with van der Waals surface area (Å²) in [6.45, 7) is 1.51. The molecule has 0 aliphatic carbocycles. The predicted octanol–water partition coefficient (Wildman–Crippen LogP) is 3.34. The van der Waals surface area contributed by atoms with E-state index in [1.165, 1.54) is 22.8 Å². The Labute approximate surface area is 200 Å².